The molecule has 0 aliphatic carbocycles. The summed E-state index contributed by atoms with van der Waals surface area (Å²) in [7, 11) is 0. The average molecular weight is 210 g/mol. The summed E-state index contributed by atoms with van der Waals surface area (Å²) in [5, 5.41) is 0. The first-order valence-corrected chi connectivity index (χ1v) is 5.67. The van der Waals surface area contributed by atoms with Crippen LogP contribution in [0, 0.1) is 0 Å². The summed E-state index contributed by atoms with van der Waals surface area (Å²) in [5.41, 5.74) is 2.57. The minimum absolute atomic E-state index is 0.165. The number of para-hydroxylation sites is 1. The highest BCUT2D eigenvalue weighted by Crippen LogP contribution is 2.45. The van der Waals surface area contributed by atoms with Gasteiger partial charge in [0, 0.05) is 11.5 Å². The van der Waals surface area contributed by atoms with Crippen molar-refractivity contribution in [2.24, 2.45) is 0 Å². The smallest absolute Gasteiger partial charge is 0.130 e. The minimum Gasteiger partial charge on any atom is -0.485 e. The van der Waals surface area contributed by atoms with E-state index in [-0.39, 0.29) is 6.10 Å². The topological polar surface area (TPSA) is 9.23 Å². The summed E-state index contributed by atoms with van der Waals surface area (Å²) in [5.74, 6) is 1.46. The summed E-state index contributed by atoms with van der Waals surface area (Å²) in [6.07, 6.45) is 0.165. The van der Waals surface area contributed by atoms with Gasteiger partial charge in [-0.1, -0.05) is 55.5 Å². The molecule has 0 bridgehead atoms. The fourth-order valence-electron chi connectivity index (χ4n) is 2.37. The molecule has 2 aromatic carbocycles. The highest BCUT2D eigenvalue weighted by molar-refractivity contribution is 5.42. The van der Waals surface area contributed by atoms with Crippen molar-refractivity contribution in [1.82, 2.24) is 0 Å². The van der Waals surface area contributed by atoms with Gasteiger partial charge in [0.25, 0.3) is 0 Å². The second-order valence-electron chi connectivity index (χ2n) is 4.28. The predicted molar refractivity (Wildman–Crippen MR) is 64.7 cm³/mol. The molecule has 0 fully saturated rings. The maximum absolute atomic E-state index is 6.01. The molecule has 0 radical (unpaired) electrons. The largest absolute Gasteiger partial charge is 0.485 e. The van der Waals surface area contributed by atoms with E-state index in [0.717, 1.165) is 5.75 Å². The minimum atomic E-state index is 0.165. The fourth-order valence-corrected chi connectivity index (χ4v) is 2.37. The standard InChI is InChI=1S/C15H14O/c1-11-13-9-5-6-10-14(13)16-15(11)12-7-3-2-4-8-12/h2-11,15H,1H3/t11-,15-/m0/s1. The first-order valence-electron chi connectivity index (χ1n) is 5.67. The molecule has 0 amide bonds. The van der Waals surface area contributed by atoms with Crippen LogP contribution in [0.5, 0.6) is 5.75 Å². The molecule has 0 aromatic heterocycles. The van der Waals surface area contributed by atoms with Gasteiger partial charge in [-0.05, 0) is 11.6 Å². The number of benzene rings is 2. The fraction of sp³-hybridized carbons (Fsp3) is 0.200. The van der Waals surface area contributed by atoms with Gasteiger partial charge in [-0.3, -0.25) is 0 Å². The molecule has 1 heteroatoms. The van der Waals surface area contributed by atoms with Gasteiger partial charge in [-0.25, -0.2) is 0 Å². The van der Waals surface area contributed by atoms with Crippen molar-refractivity contribution in [3.63, 3.8) is 0 Å². The zero-order valence-electron chi connectivity index (χ0n) is 9.26. The molecule has 2 aromatic rings. The van der Waals surface area contributed by atoms with Crippen LogP contribution >= 0.6 is 0 Å². The van der Waals surface area contributed by atoms with Gasteiger partial charge in [0.2, 0.25) is 0 Å². The van der Waals surface area contributed by atoms with Crippen LogP contribution in [0.25, 0.3) is 0 Å². The Bertz CT molecular complexity index is 490. The summed E-state index contributed by atoms with van der Waals surface area (Å²) in [6, 6.07) is 18.7. The van der Waals surface area contributed by atoms with Crippen molar-refractivity contribution in [3.05, 3.63) is 65.7 Å². The van der Waals surface area contributed by atoms with E-state index in [2.05, 4.69) is 49.4 Å². The molecule has 2 atom stereocenters. The number of hydrogen-bond acceptors (Lipinski definition) is 1. The Morgan fingerprint density at radius 2 is 1.56 bits per heavy atom. The van der Waals surface area contributed by atoms with Crippen LogP contribution in [0.4, 0.5) is 0 Å². The van der Waals surface area contributed by atoms with Crippen LogP contribution in [0.3, 0.4) is 0 Å². The molecule has 1 aliphatic rings. The van der Waals surface area contributed by atoms with Gasteiger partial charge in [-0.2, -0.15) is 0 Å². The Morgan fingerprint density at radius 3 is 2.31 bits per heavy atom. The molecule has 0 N–H and O–H groups in total. The SMILES string of the molecule is C[C@H]1c2ccccc2O[C@@H]1c1ccccc1. The van der Waals surface area contributed by atoms with Crippen LogP contribution in [-0.4, -0.2) is 0 Å². The second-order valence-corrected chi connectivity index (χ2v) is 4.28. The van der Waals surface area contributed by atoms with Crippen molar-refractivity contribution < 1.29 is 4.74 Å². The quantitative estimate of drug-likeness (QED) is 0.693. The zero-order chi connectivity index (χ0) is 11.0. The Kier molecular flexibility index (Phi) is 2.17. The van der Waals surface area contributed by atoms with Crippen LogP contribution in [0.1, 0.15) is 30.1 Å². The van der Waals surface area contributed by atoms with Gasteiger partial charge < -0.3 is 4.74 Å². The number of rotatable bonds is 1. The first kappa shape index (κ1) is 9.46. The van der Waals surface area contributed by atoms with Crippen molar-refractivity contribution in [2.45, 2.75) is 18.9 Å². The lowest BCUT2D eigenvalue weighted by atomic mass is 9.93. The number of ether oxygens (including phenoxy) is 1. The van der Waals surface area contributed by atoms with Crippen LogP contribution in [0.15, 0.2) is 54.6 Å². The third-order valence-corrected chi connectivity index (χ3v) is 3.25. The number of fused-ring (bicyclic) bond motifs is 1. The molecule has 0 saturated carbocycles. The van der Waals surface area contributed by atoms with E-state index in [1.807, 2.05) is 12.1 Å². The Hall–Kier alpha value is -1.76. The summed E-state index contributed by atoms with van der Waals surface area (Å²) in [6.45, 7) is 2.23. The molecular weight excluding hydrogens is 196 g/mol. The van der Waals surface area contributed by atoms with E-state index >= 15 is 0 Å². The van der Waals surface area contributed by atoms with E-state index in [9.17, 15) is 0 Å². The monoisotopic (exact) mass is 210 g/mol. The second kappa shape index (κ2) is 3.67. The Morgan fingerprint density at radius 1 is 0.875 bits per heavy atom. The highest BCUT2D eigenvalue weighted by atomic mass is 16.5. The molecule has 0 unspecified atom stereocenters. The van der Waals surface area contributed by atoms with Gasteiger partial charge in [0.15, 0.2) is 0 Å². The molecule has 1 heterocycles. The van der Waals surface area contributed by atoms with Gasteiger partial charge in [0.1, 0.15) is 11.9 Å². The molecule has 80 valence electrons. The molecule has 0 saturated heterocycles. The Balaban J connectivity index is 1.99. The molecule has 1 nitrogen and oxygen atoms in total. The average Bonchev–Trinajstić information content (AvgIpc) is 2.69. The first-order chi connectivity index (χ1) is 7.86. The van der Waals surface area contributed by atoms with E-state index in [1.165, 1.54) is 11.1 Å². The molecule has 0 spiro atoms. The third-order valence-electron chi connectivity index (χ3n) is 3.25. The summed E-state index contributed by atoms with van der Waals surface area (Å²) in [4.78, 5) is 0. The van der Waals surface area contributed by atoms with Gasteiger partial charge >= 0.3 is 0 Å². The predicted octanol–water partition coefficient (Wildman–Crippen LogP) is 3.92. The van der Waals surface area contributed by atoms with Crippen molar-refractivity contribution in [3.8, 4) is 5.75 Å². The Labute approximate surface area is 95.7 Å². The third kappa shape index (κ3) is 1.40. The molecule has 3 rings (SSSR count). The maximum Gasteiger partial charge on any atom is 0.130 e. The van der Waals surface area contributed by atoms with Gasteiger partial charge in [0.05, 0.1) is 0 Å². The van der Waals surface area contributed by atoms with E-state index < -0.39 is 0 Å². The van der Waals surface area contributed by atoms with E-state index in [1.54, 1.807) is 0 Å². The van der Waals surface area contributed by atoms with Crippen LogP contribution in [0.2, 0.25) is 0 Å². The lowest BCUT2D eigenvalue weighted by molar-refractivity contribution is 0.216. The molecule has 16 heavy (non-hydrogen) atoms. The summed E-state index contributed by atoms with van der Waals surface area (Å²) < 4.78 is 6.01. The van der Waals surface area contributed by atoms with E-state index in [0.29, 0.717) is 5.92 Å². The van der Waals surface area contributed by atoms with Gasteiger partial charge in [-0.15, -0.1) is 0 Å². The van der Waals surface area contributed by atoms with Crippen molar-refractivity contribution in [2.75, 3.05) is 0 Å². The van der Waals surface area contributed by atoms with Crippen LogP contribution in [-0.2, 0) is 0 Å². The van der Waals surface area contributed by atoms with Crippen LogP contribution < -0.4 is 4.74 Å². The normalized spacial score (nSPS) is 22.6. The van der Waals surface area contributed by atoms with E-state index in [4.69, 9.17) is 4.74 Å². The van der Waals surface area contributed by atoms with Crippen molar-refractivity contribution in [1.29, 1.82) is 0 Å². The number of hydrogen-bond donors (Lipinski definition) is 0. The summed E-state index contributed by atoms with van der Waals surface area (Å²) >= 11 is 0. The maximum atomic E-state index is 6.01. The van der Waals surface area contributed by atoms with Crippen molar-refractivity contribution >= 4 is 0 Å². The lowest BCUT2D eigenvalue weighted by Gasteiger charge is -2.15. The molecule has 1 aliphatic heterocycles. The lowest BCUT2D eigenvalue weighted by Crippen LogP contribution is -2.06. The highest BCUT2D eigenvalue weighted by Gasteiger charge is 2.31. The molecular formula is C15H14O. The zero-order valence-corrected chi connectivity index (χ0v) is 9.26.